The topological polar surface area (TPSA) is 19.6 Å². The normalized spacial score (nSPS) is 11.1. The van der Waals surface area contributed by atoms with Crippen LogP contribution in [-0.2, 0) is 0 Å². The van der Waals surface area contributed by atoms with Crippen molar-refractivity contribution in [3.63, 3.8) is 0 Å². The van der Waals surface area contributed by atoms with Gasteiger partial charge in [-0.15, -0.1) is 0 Å². The van der Waals surface area contributed by atoms with E-state index in [9.17, 15) is 0 Å². The van der Waals surface area contributed by atoms with Crippen LogP contribution in [-0.4, -0.2) is 0 Å². The van der Waals surface area contributed by atoms with Crippen LogP contribution < -0.4 is 9.80 Å². The van der Waals surface area contributed by atoms with Crippen molar-refractivity contribution < 1.29 is 4.42 Å². The highest BCUT2D eigenvalue weighted by Crippen LogP contribution is 2.45. The third kappa shape index (κ3) is 9.04. The Morgan fingerprint density at radius 3 is 0.973 bits per heavy atom. The molecule has 1 heterocycles. The van der Waals surface area contributed by atoms with E-state index >= 15 is 0 Å². The first-order valence-corrected chi connectivity index (χ1v) is 24.7. The summed E-state index contributed by atoms with van der Waals surface area (Å²) in [7, 11) is 0. The minimum absolute atomic E-state index is 0.848. The lowest BCUT2D eigenvalue weighted by Crippen LogP contribution is -2.13. The largest absolute Gasteiger partial charge is 0.456 e. The summed E-state index contributed by atoms with van der Waals surface area (Å²) >= 11 is 0. The van der Waals surface area contributed by atoms with Crippen LogP contribution in [0.1, 0.15) is 11.1 Å². The maximum Gasteiger partial charge on any atom is 0.136 e. The number of furan rings is 1. The molecule has 0 unspecified atom stereocenters. The quantitative estimate of drug-likeness (QED) is 0.115. The molecule has 12 aromatic rings. The Bertz CT molecular complexity index is 3680. The van der Waals surface area contributed by atoms with Gasteiger partial charge in [-0.3, -0.25) is 0 Å². The van der Waals surface area contributed by atoms with Gasteiger partial charge in [0.05, 0.1) is 0 Å². The third-order valence-corrected chi connectivity index (χ3v) is 13.8. The summed E-state index contributed by atoms with van der Waals surface area (Å²) < 4.78 is 6.53. The Morgan fingerprint density at radius 1 is 0.247 bits per heavy atom. The molecule has 0 aliphatic carbocycles. The Kier molecular flexibility index (Phi) is 11.9. The lowest BCUT2D eigenvalue weighted by molar-refractivity contribution is 0.669. The van der Waals surface area contributed by atoms with E-state index in [0.29, 0.717) is 0 Å². The Hall–Kier alpha value is -9.70. The van der Waals surface area contributed by atoms with Crippen molar-refractivity contribution in [2.45, 2.75) is 0 Å². The molecule has 0 amide bonds. The molecule has 0 fully saturated rings. The zero-order valence-corrected chi connectivity index (χ0v) is 40.3. The number of hydrogen-bond acceptors (Lipinski definition) is 3. The van der Waals surface area contributed by atoms with Gasteiger partial charge in [0, 0.05) is 44.9 Å². The number of benzene rings is 11. The molecule has 1 aromatic heterocycles. The van der Waals surface area contributed by atoms with Gasteiger partial charge in [-0.1, -0.05) is 207 Å². The average molecular weight is 935 g/mol. The van der Waals surface area contributed by atoms with Crippen LogP contribution in [0.5, 0.6) is 0 Å². The molecule has 346 valence electrons. The van der Waals surface area contributed by atoms with Crippen molar-refractivity contribution in [1.82, 2.24) is 0 Å². The van der Waals surface area contributed by atoms with Crippen LogP contribution in [0.15, 0.2) is 284 Å². The second kappa shape index (κ2) is 19.6. The van der Waals surface area contributed by atoms with E-state index in [1.807, 2.05) is 24.3 Å². The first-order valence-electron chi connectivity index (χ1n) is 24.7. The van der Waals surface area contributed by atoms with Gasteiger partial charge in [-0.25, -0.2) is 0 Å². The Morgan fingerprint density at radius 2 is 0.575 bits per heavy atom. The smallest absolute Gasteiger partial charge is 0.136 e. The first-order chi connectivity index (χ1) is 36.0. The number of para-hydroxylation sites is 1. The number of hydrogen-bond donors (Lipinski definition) is 0. The molecule has 12 rings (SSSR count). The predicted molar refractivity (Wildman–Crippen MR) is 310 cm³/mol. The fraction of sp³-hybridized carbons (Fsp3) is 0. The Balaban J connectivity index is 1.06. The van der Waals surface area contributed by atoms with Gasteiger partial charge in [0.15, 0.2) is 0 Å². The van der Waals surface area contributed by atoms with E-state index in [0.717, 1.165) is 112 Å². The second-order valence-corrected chi connectivity index (χ2v) is 18.3. The average Bonchev–Trinajstić information content (AvgIpc) is 3.85. The number of fused-ring (bicyclic) bond motifs is 3. The van der Waals surface area contributed by atoms with Gasteiger partial charge in [0.1, 0.15) is 11.2 Å². The molecule has 3 heteroatoms. The molecule has 0 aliphatic heterocycles. The van der Waals surface area contributed by atoms with Crippen molar-refractivity contribution in [1.29, 1.82) is 0 Å². The SMILES string of the molecule is C=Cc1ccc(-c2ccc(N(c3ccc(-c4ccccc4)cc3)c3cc(-c4ccc5c(c4)oc4ccccc45)cc(N(c4ccc(-c5ccccc5)cc4)c4ccc(-c5ccc(C=C)cc5)cc4)c3)cc2)cc1. The second-order valence-electron chi connectivity index (χ2n) is 18.3. The zero-order chi connectivity index (χ0) is 49.1. The van der Waals surface area contributed by atoms with Crippen LogP contribution in [0.2, 0.25) is 0 Å². The molecule has 0 N–H and O–H groups in total. The first kappa shape index (κ1) is 44.5. The van der Waals surface area contributed by atoms with Crippen LogP contribution in [0.25, 0.3) is 89.7 Å². The maximum atomic E-state index is 6.53. The van der Waals surface area contributed by atoms with E-state index in [1.165, 1.54) is 11.1 Å². The van der Waals surface area contributed by atoms with Crippen molar-refractivity contribution in [3.8, 4) is 55.6 Å². The molecule has 0 saturated heterocycles. The molecule has 0 atom stereocenters. The van der Waals surface area contributed by atoms with E-state index < -0.39 is 0 Å². The lowest BCUT2D eigenvalue weighted by Gasteiger charge is -2.30. The Labute approximate surface area is 427 Å². The van der Waals surface area contributed by atoms with E-state index in [-0.39, 0.29) is 0 Å². The molecular formula is C70H50N2O. The van der Waals surface area contributed by atoms with Crippen molar-refractivity contribution >= 4 is 68.2 Å². The standard InChI is InChI=1S/C70H50N2O/c1-3-49-19-23-53(24-20-49)57-31-40-63(41-32-57)71(61-36-27-55(28-37-61)51-13-7-5-8-14-51)65-45-60(59-35-44-68-67-17-11-12-18-69(67)73-70(68)47-59)46-66(48-65)72(62-38-29-56(30-39-62)52-15-9-6-10-16-52)64-42-33-58(34-43-64)54-25-21-50(4-2)22-26-54/h3-48H,1-2H2. The number of rotatable bonds is 13. The molecule has 0 aliphatic rings. The monoisotopic (exact) mass is 934 g/mol. The van der Waals surface area contributed by atoms with Gasteiger partial charge in [-0.05, 0) is 152 Å². The predicted octanol–water partition coefficient (Wildman–Crippen LogP) is 20.1. The third-order valence-electron chi connectivity index (χ3n) is 13.8. The highest BCUT2D eigenvalue weighted by atomic mass is 16.3. The van der Waals surface area contributed by atoms with Crippen molar-refractivity contribution in [3.05, 3.63) is 291 Å². The summed E-state index contributed by atoms with van der Waals surface area (Å²) in [6.45, 7) is 7.92. The van der Waals surface area contributed by atoms with Crippen LogP contribution in [0.3, 0.4) is 0 Å². The fourth-order valence-electron chi connectivity index (χ4n) is 9.92. The summed E-state index contributed by atoms with van der Waals surface area (Å²) in [6.07, 6.45) is 3.76. The lowest BCUT2D eigenvalue weighted by atomic mass is 9.99. The zero-order valence-electron chi connectivity index (χ0n) is 40.3. The van der Waals surface area contributed by atoms with Gasteiger partial charge in [-0.2, -0.15) is 0 Å². The summed E-state index contributed by atoms with van der Waals surface area (Å²) in [5, 5.41) is 2.20. The molecular weight excluding hydrogens is 885 g/mol. The van der Waals surface area contributed by atoms with E-state index in [2.05, 4.69) is 278 Å². The summed E-state index contributed by atoms with van der Waals surface area (Å²) in [6, 6.07) is 95.7. The minimum Gasteiger partial charge on any atom is -0.456 e. The summed E-state index contributed by atoms with van der Waals surface area (Å²) in [4.78, 5) is 4.75. The van der Waals surface area contributed by atoms with Crippen LogP contribution in [0.4, 0.5) is 34.1 Å². The molecule has 0 saturated carbocycles. The summed E-state index contributed by atoms with van der Waals surface area (Å²) in [5.41, 5.74) is 21.3. The van der Waals surface area contributed by atoms with Crippen LogP contribution in [0, 0.1) is 0 Å². The van der Waals surface area contributed by atoms with Crippen molar-refractivity contribution in [2.24, 2.45) is 0 Å². The fourth-order valence-corrected chi connectivity index (χ4v) is 9.92. The number of nitrogens with zero attached hydrogens (tertiary/aromatic N) is 2. The molecule has 0 spiro atoms. The van der Waals surface area contributed by atoms with Crippen LogP contribution >= 0.6 is 0 Å². The van der Waals surface area contributed by atoms with Crippen molar-refractivity contribution in [2.75, 3.05) is 9.80 Å². The molecule has 73 heavy (non-hydrogen) atoms. The van der Waals surface area contributed by atoms with E-state index in [1.54, 1.807) is 0 Å². The minimum atomic E-state index is 0.848. The maximum absolute atomic E-state index is 6.53. The molecule has 11 aromatic carbocycles. The molecule has 3 nitrogen and oxygen atoms in total. The van der Waals surface area contributed by atoms with Gasteiger partial charge in [0.2, 0.25) is 0 Å². The molecule has 0 radical (unpaired) electrons. The highest BCUT2D eigenvalue weighted by Gasteiger charge is 2.21. The van der Waals surface area contributed by atoms with E-state index in [4.69, 9.17) is 4.42 Å². The molecule has 0 bridgehead atoms. The highest BCUT2D eigenvalue weighted by molar-refractivity contribution is 6.06. The van der Waals surface area contributed by atoms with Gasteiger partial charge >= 0.3 is 0 Å². The summed E-state index contributed by atoms with van der Waals surface area (Å²) in [5.74, 6) is 0. The van der Waals surface area contributed by atoms with Gasteiger partial charge in [0.25, 0.3) is 0 Å². The van der Waals surface area contributed by atoms with Gasteiger partial charge < -0.3 is 14.2 Å². The number of anilines is 6.